The number of piperidine rings is 1. The molecule has 4 heterocycles. The Balaban J connectivity index is 1.12. The topological polar surface area (TPSA) is 56.8 Å². The van der Waals surface area contributed by atoms with Gasteiger partial charge in [-0.2, -0.15) is 0 Å². The number of hydrogen-bond acceptors (Lipinski definition) is 6. The van der Waals surface area contributed by atoms with Gasteiger partial charge in [0.05, 0.1) is 16.0 Å². The van der Waals surface area contributed by atoms with Gasteiger partial charge >= 0.3 is 0 Å². The van der Waals surface area contributed by atoms with Crippen molar-refractivity contribution in [3.8, 4) is 0 Å². The largest absolute Gasteiger partial charge is 0.371 e. The summed E-state index contributed by atoms with van der Waals surface area (Å²) in [4.78, 5) is 12.8. The second kappa shape index (κ2) is 10.1. The monoisotopic (exact) mass is 530 g/mol. The second-order valence-corrected chi connectivity index (χ2v) is 13.6. The van der Waals surface area contributed by atoms with E-state index in [4.69, 9.17) is 4.98 Å². The number of aromatic nitrogens is 1. The minimum absolute atomic E-state index is 0.0671. The molecule has 0 N–H and O–H groups in total. The van der Waals surface area contributed by atoms with E-state index in [1.807, 2.05) is 24.4 Å². The lowest BCUT2D eigenvalue weighted by Crippen LogP contribution is -2.55. The molecule has 0 spiro atoms. The summed E-state index contributed by atoms with van der Waals surface area (Å²) in [5, 5.41) is 0. The molecule has 3 aliphatic heterocycles. The van der Waals surface area contributed by atoms with Crippen LogP contribution in [0.1, 0.15) is 29.7 Å². The first-order chi connectivity index (χ1) is 18.3. The van der Waals surface area contributed by atoms with E-state index < -0.39 is 9.84 Å². The molecule has 3 aromatic rings. The molecule has 0 aliphatic carbocycles. The van der Waals surface area contributed by atoms with Gasteiger partial charge in [-0.15, -0.1) is 0 Å². The average molecular weight is 531 g/mol. The van der Waals surface area contributed by atoms with E-state index in [1.165, 1.54) is 35.9 Å². The quantitative estimate of drug-likeness (QED) is 0.479. The Kier molecular flexibility index (Phi) is 6.79. The maximum absolute atomic E-state index is 11.7. The SMILES string of the molecule is CN1Cc2ccccc2C(c2ccccn2)(C2CCN(CC3CN(c4ccc(S(C)(=O)=O)cc4)C3)CC2)C1. The van der Waals surface area contributed by atoms with Crippen LogP contribution in [0.15, 0.2) is 77.8 Å². The lowest BCUT2D eigenvalue weighted by atomic mass is 9.61. The first-order valence-corrected chi connectivity index (χ1v) is 15.7. The smallest absolute Gasteiger partial charge is 0.175 e. The number of pyridine rings is 1. The first-order valence-electron chi connectivity index (χ1n) is 13.8. The van der Waals surface area contributed by atoms with Crippen LogP contribution in [0, 0.1) is 11.8 Å². The van der Waals surface area contributed by atoms with E-state index in [9.17, 15) is 8.42 Å². The van der Waals surface area contributed by atoms with E-state index in [2.05, 4.69) is 58.1 Å². The Labute approximate surface area is 227 Å². The van der Waals surface area contributed by atoms with E-state index in [0.717, 1.165) is 51.5 Å². The maximum atomic E-state index is 11.7. The number of sulfone groups is 1. The molecule has 1 atom stereocenters. The number of nitrogens with zero attached hydrogens (tertiary/aromatic N) is 4. The third-order valence-corrected chi connectivity index (χ3v) is 10.1. The van der Waals surface area contributed by atoms with Crippen LogP contribution >= 0.6 is 0 Å². The van der Waals surface area contributed by atoms with Gasteiger partial charge in [-0.1, -0.05) is 30.3 Å². The summed E-state index contributed by atoms with van der Waals surface area (Å²) in [6, 6.07) is 22.8. The first kappa shape index (κ1) is 25.5. The molecule has 3 aliphatic rings. The standard InChI is InChI=1S/C31H38N4O2S/c1-33-22-25-7-3-4-8-29(25)31(23-33,30-9-5-6-16-32-30)26-14-17-34(18-15-26)19-24-20-35(21-24)27-10-12-28(13-11-27)38(2,36)37/h3-13,16,24,26H,14-15,17-23H2,1-2H3. The third kappa shape index (κ3) is 4.76. The molecule has 2 aromatic carbocycles. The van der Waals surface area contributed by atoms with E-state index in [0.29, 0.717) is 16.7 Å². The summed E-state index contributed by atoms with van der Waals surface area (Å²) >= 11 is 0. The highest BCUT2D eigenvalue weighted by Gasteiger charge is 2.48. The molecule has 2 saturated heterocycles. The number of benzene rings is 2. The number of fused-ring (bicyclic) bond motifs is 1. The van der Waals surface area contributed by atoms with Gasteiger partial charge in [-0.05, 0) is 86.4 Å². The predicted octanol–water partition coefficient (Wildman–Crippen LogP) is 4.07. The van der Waals surface area contributed by atoms with Gasteiger partial charge in [0.25, 0.3) is 0 Å². The van der Waals surface area contributed by atoms with Gasteiger partial charge in [-0.25, -0.2) is 8.42 Å². The predicted molar refractivity (Wildman–Crippen MR) is 152 cm³/mol. The van der Waals surface area contributed by atoms with Gasteiger partial charge in [0, 0.05) is 56.8 Å². The Morgan fingerprint density at radius 1 is 0.947 bits per heavy atom. The highest BCUT2D eigenvalue weighted by atomic mass is 32.2. The van der Waals surface area contributed by atoms with Crippen LogP contribution in [0.4, 0.5) is 5.69 Å². The number of hydrogen-bond donors (Lipinski definition) is 0. The van der Waals surface area contributed by atoms with Crippen LogP contribution < -0.4 is 4.90 Å². The van der Waals surface area contributed by atoms with Crippen molar-refractivity contribution in [3.05, 3.63) is 89.7 Å². The fraction of sp³-hybridized carbons (Fsp3) is 0.452. The van der Waals surface area contributed by atoms with Gasteiger partial charge in [0.1, 0.15) is 0 Å². The van der Waals surface area contributed by atoms with Crippen molar-refractivity contribution in [1.29, 1.82) is 0 Å². The van der Waals surface area contributed by atoms with Crippen LogP contribution in [0.3, 0.4) is 0 Å². The molecule has 0 amide bonds. The highest BCUT2D eigenvalue weighted by molar-refractivity contribution is 7.90. The molecule has 200 valence electrons. The van der Waals surface area contributed by atoms with Crippen molar-refractivity contribution in [2.45, 2.75) is 29.7 Å². The van der Waals surface area contributed by atoms with Crippen molar-refractivity contribution in [3.63, 3.8) is 0 Å². The van der Waals surface area contributed by atoms with Crippen molar-refractivity contribution in [2.75, 3.05) is 57.5 Å². The van der Waals surface area contributed by atoms with Crippen LogP contribution in [0.2, 0.25) is 0 Å². The van der Waals surface area contributed by atoms with Crippen LogP contribution in [0.5, 0.6) is 0 Å². The third-order valence-electron chi connectivity index (χ3n) is 8.97. The summed E-state index contributed by atoms with van der Waals surface area (Å²) in [5.41, 5.74) is 5.18. The zero-order valence-corrected chi connectivity index (χ0v) is 23.3. The Bertz CT molecular complexity index is 1360. The summed E-state index contributed by atoms with van der Waals surface area (Å²) in [5.74, 6) is 1.22. The Hall–Kier alpha value is -2.74. The summed E-state index contributed by atoms with van der Waals surface area (Å²) < 4.78 is 23.5. The van der Waals surface area contributed by atoms with E-state index in [-0.39, 0.29) is 5.41 Å². The van der Waals surface area contributed by atoms with Crippen molar-refractivity contribution in [2.24, 2.45) is 11.8 Å². The van der Waals surface area contributed by atoms with Gasteiger partial charge in [-0.3, -0.25) is 4.98 Å². The molecule has 1 aromatic heterocycles. The summed E-state index contributed by atoms with van der Waals surface area (Å²) in [7, 11) is -0.900. The second-order valence-electron chi connectivity index (χ2n) is 11.6. The Morgan fingerprint density at radius 2 is 1.66 bits per heavy atom. The number of likely N-dealkylation sites (N-methyl/N-ethyl adjacent to an activating group) is 1. The zero-order valence-electron chi connectivity index (χ0n) is 22.5. The van der Waals surface area contributed by atoms with Crippen LogP contribution in [-0.2, 0) is 21.8 Å². The fourth-order valence-electron chi connectivity index (χ4n) is 7.13. The minimum atomic E-state index is -3.15. The molecule has 2 fully saturated rings. The number of likely N-dealkylation sites (tertiary alicyclic amines) is 1. The average Bonchev–Trinajstić information content (AvgIpc) is 2.90. The van der Waals surface area contributed by atoms with Gasteiger partial charge < -0.3 is 14.7 Å². The van der Waals surface area contributed by atoms with Crippen molar-refractivity contribution in [1.82, 2.24) is 14.8 Å². The Morgan fingerprint density at radius 3 is 2.34 bits per heavy atom. The number of anilines is 1. The molecule has 7 heteroatoms. The molecule has 6 rings (SSSR count). The van der Waals surface area contributed by atoms with Crippen molar-refractivity contribution >= 4 is 15.5 Å². The molecular weight excluding hydrogens is 492 g/mol. The normalized spacial score (nSPS) is 23.7. The van der Waals surface area contributed by atoms with Crippen LogP contribution in [-0.4, -0.2) is 75.8 Å². The lowest BCUT2D eigenvalue weighted by Gasteiger charge is -2.51. The molecule has 1 unspecified atom stereocenters. The molecule has 0 bridgehead atoms. The molecule has 6 nitrogen and oxygen atoms in total. The zero-order chi connectivity index (χ0) is 26.3. The van der Waals surface area contributed by atoms with Gasteiger partial charge in [0.15, 0.2) is 9.84 Å². The van der Waals surface area contributed by atoms with E-state index in [1.54, 1.807) is 12.1 Å². The fourth-order valence-corrected chi connectivity index (χ4v) is 7.76. The molecular formula is C31H38N4O2S. The summed E-state index contributed by atoms with van der Waals surface area (Å²) in [6.07, 6.45) is 5.58. The summed E-state index contributed by atoms with van der Waals surface area (Å²) in [6.45, 7) is 7.48. The minimum Gasteiger partial charge on any atom is -0.371 e. The number of rotatable bonds is 6. The lowest BCUT2D eigenvalue weighted by molar-refractivity contribution is 0.0938. The highest BCUT2D eigenvalue weighted by Crippen LogP contribution is 2.47. The molecule has 0 radical (unpaired) electrons. The van der Waals surface area contributed by atoms with E-state index >= 15 is 0 Å². The van der Waals surface area contributed by atoms with Gasteiger partial charge in [0.2, 0.25) is 0 Å². The molecule has 0 saturated carbocycles. The van der Waals surface area contributed by atoms with Crippen molar-refractivity contribution < 1.29 is 8.42 Å². The maximum Gasteiger partial charge on any atom is 0.175 e. The molecule has 38 heavy (non-hydrogen) atoms. The van der Waals surface area contributed by atoms with Crippen LogP contribution in [0.25, 0.3) is 0 Å².